The number of piperazine rings is 1. The molecule has 0 radical (unpaired) electrons. The minimum absolute atomic E-state index is 0.324. The Morgan fingerprint density at radius 3 is 2.56 bits per heavy atom. The highest BCUT2D eigenvalue weighted by molar-refractivity contribution is 8.00. The van der Waals surface area contributed by atoms with Crippen molar-refractivity contribution in [1.29, 1.82) is 0 Å². The zero-order chi connectivity index (χ0) is 13.2. The largest absolute Gasteiger partial charge is 0.309 e. The van der Waals surface area contributed by atoms with Crippen molar-refractivity contribution >= 4 is 11.8 Å². The molecule has 1 aliphatic carbocycles. The first-order valence-electron chi connectivity index (χ1n) is 7.57. The number of rotatable bonds is 4. The lowest BCUT2D eigenvalue weighted by molar-refractivity contribution is 0.0839. The molecule has 106 valence electrons. The fourth-order valence-electron chi connectivity index (χ4n) is 3.45. The topological polar surface area (TPSA) is 15.3 Å². The van der Waals surface area contributed by atoms with Crippen molar-refractivity contribution in [3.63, 3.8) is 0 Å². The highest BCUT2D eigenvalue weighted by Crippen LogP contribution is 2.41. The van der Waals surface area contributed by atoms with Gasteiger partial charge in [0.1, 0.15) is 0 Å². The molecule has 0 aromatic rings. The molecule has 0 aromatic heterocycles. The van der Waals surface area contributed by atoms with Crippen molar-refractivity contribution in [2.45, 2.75) is 69.2 Å². The molecule has 0 spiro atoms. The van der Waals surface area contributed by atoms with Gasteiger partial charge < -0.3 is 5.32 Å². The maximum Gasteiger partial charge on any atom is 0.0284 e. The second kappa shape index (κ2) is 5.72. The van der Waals surface area contributed by atoms with E-state index in [4.69, 9.17) is 0 Å². The summed E-state index contributed by atoms with van der Waals surface area (Å²) in [5.41, 5.74) is 0.324. The minimum Gasteiger partial charge on any atom is -0.309 e. The normalized spacial score (nSPS) is 37.0. The fourth-order valence-corrected chi connectivity index (χ4v) is 4.44. The van der Waals surface area contributed by atoms with Crippen LogP contribution in [0.3, 0.4) is 0 Å². The maximum atomic E-state index is 3.73. The van der Waals surface area contributed by atoms with Gasteiger partial charge in [0.2, 0.25) is 0 Å². The van der Waals surface area contributed by atoms with Crippen LogP contribution in [0, 0.1) is 0 Å². The van der Waals surface area contributed by atoms with Crippen LogP contribution in [0.4, 0.5) is 0 Å². The van der Waals surface area contributed by atoms with Crippen LogP contribution in [0.2, 0.25) is 0 Å². The molecule has 2 aliphatic rings. The Labute approximate surface area is 117 Å². The van der Waals surface area contributed by atoms with Crippen molar-refractivity contribution in [2.24, 2.45) is 0 Å². The summed E-state index contributed by atoms with van der Waals surface area (Å²) in [6.45, 7) is 10.7. The molecular weight excluding hydrogens is 240 g/mol. The van der Waals surface area contributed by atoms with E-state index in [0.717, 1.165) is 6.54 Å². The molecule has 0 bridgehead atoms. The van der Waals surface area contributed by atoms with Gasteiger partial charge >= 0.3 is 0 Å². The average molecular weight is 270 g/mol. The van der Waals surface area contributed by atoms with Crippen LogP contribution in [0.5, 0.6) is 0 Å². The molecule has 3 heteroatoms. The Morgan fingerprint density at radius 2 is 2.00 bits per heavy atom. The van der Waals surface area contributed by atoms with Crippen molar-refractivity contribution in [2.75, 3.05) is 25.9 Å². The van der Waals surface area contributed by atoms with E-state index in [2.05, 4.69) is 49.0 Å². The summed E-state index contributed by atoms with van der Waals surface area (Å²) in [5, 5.41) is 3.73. The summed E-state index contributed by atoms with van der Waals surface area (Å²) >= 11 is 2.12. The molecule has 1 saturated heterocycles. The van der Waals surface area contributed by atoms with Crippen LogP contribution in [-0.4, -0.2) is 47.1 Å². The summed E-state index contributed by atoms with van der Waals surface area (Å²) in [6.07, 6.45) is 9.26. The molecule has 0 aromatic carbocycles. The average Bonchev–Trinajstić information content (AvgIpc) is 2.83. The third kappa shape index (κ3) is 3.05. The second-order valence-electron chi connectivity index (χ2n) is 6.64. The van der Waals surface area contributed by atoms with E-state index in [1.54, 1.807) is 0 Å². The van der Waals surface area contributed by atoms with Crippen molar-refractivity contribution in [3.05, 3.63) is 0 Å². The number of hydrogen-bond acceptors (Lipinski definition) is 3. The monoisotopic (exact) mass is 270 g/mol. The van der Waals surface area contributed by atoms with Gasteiger partial charge in [0, 0.05) is 36.0 Å². The van der Waals surface area contributed by atoms with Gasteiger partial charge in [-0.25, -0.2) is 0 Å². The third-order valence-corrected chi connectivity index (χ3v) is 6.62. The van der Waals surface area contributed by atoms with Gasteiger partial charge in [0.25, 0.3) is 0 Å². The zero-order valence-electron chi connectivity index (χ0n) is 12.6. The molecule has 0 amide bonds. The Hall–Kier alpha value is 0.270. The standard InChI is InChI=1S/C15H30N2S/c1-5-14(3)11-17(13(2)10-16-14)12-15(18-4)8-6-7-9-15/h13,16H,5-12H2,1-4H3. The number of nitrogens with one attached hydrogen (secondary N) is 1. The van der Waals surface area contributed by atoms with E-state index >= 15 is 0 Å². The van der Waals surface area contributed by atoms with Gasteiger partial charge in [0.15, 0.2) is 0 Å². The van der Waals surface area contributed by atoms with Gasteiger partial charge in [-0.1, -0.05) is 19.8 Å². The maximum absolute atomic E-state index is 3.73. The first-order valence-corrected chi connectivity index (χ1v) is 8.79. The van der Waals surface area contributed by atoms with Crippen LogP contribution in [0.25, 0.3) is 0 Å². The van der Waals surface area contributed by atoms with Gasteiger partial charge in [0.05, 0.1) is 0 Å². The molecule has 1 heterocycles. The van der Waals surface area contributed by atoms with E-state index < -0.39 is 0 Å². The van der Waals surface area contributed by atoms with Crippen molar-refractivity contribution in [1.82, 2.24) is 10.2 Å². The number of hydrogen-bond donors (Lipinski definition) is 1. The molecule has 1 N–H and O–H groups in total. The Morgan fingerprint density at radius 1 is 1.33 bits per heavy atom. The summed E-state index contributed by atoms with van der Waals surface area (Å²) in [6, 6.07) is 0.689. The molecule has 2 unspecified atom stereocenters. The van der Waals surface area contributed by atoms with Crippen LogP contribution in [-0.2, 0) is 0 Å². The summed E-state index contributed by atoms with van der Waals surface area (Å²) < 4.78 is 0.556. The minimum atomic E-state index is 0.324. The molecule has 2 nitrogen and oxygen atoms in total. The van der Waals surface area contributed by atoms with E-state index in [1.807, 2.05) is 0 Å². The van der Waals surface area contributed by atoms with Gasteiger partial charge in [-0.05, 0) is 39.4 Å². The molecule has 1 saturated carbocycles. The van der Waals surface area contributed by atoms with Gasteiger partial charge in [-0.2, -0.15) is 11.8 Å². The molecule has 1 aliphatic heterocycles. The van der Waals surface area contributed by atoms with Crippen molar-refractivity contribution in [3.8, 4) is 0 Å². The van der Waals surface area contributed by atoms with Crippen molar-refractivity contribution < 1.29 is 0 Å². The Balaban J connectivity index is 2.02. The molecule has 18 heavy (non-hydrogen) atoms. The van der Waals surface area contributed by atoms with Crippen LogP contribution < -0.4 is 5.32 Å². The van der Waals surface area contributed by atoms with Crippen LogP contribution in [0.1, 0.15) is 52.9 Å². The number of nitrogens with zero attached hydrogens (tertiary/aromatic N) is 1. The van der Waals surface area contributed by atoms with Gasteiger partial charge in [-0.15, -0.1) is 0 Å². The molecule has 2 rings (SSSR count). The predicted molar refractivity (Wildman–Crippen MR) is 82.4 cm³/mol. The fraction of sp³-hybridized carbons (Fsp3) is 1.00. The molecular formula is C15H30N2S. The molecule has 2 atom stereocenters. The first kappa shape index (κ1) is 14.7. The van der Waals surface area contributed by atoms with Gasteiger partial charge in [-0.3, -0.25) is 4.90 Å². The number of thioether (sulfide) groups is 1. The smallest absolute Gasteiger partial charge is 0.0284 e. The second-order valence-corrected chi connectivity index (χ2v) is 7.92. The lowest BCUT2D eigenvalue weighted by Crippen LogP contribution is -2.63. The highest BCUT2D eigenvalue weighted by atomic mass is 32.2. The zero-order valence-corrected chi connectivity index (χ0v) is 13.4. The highest BCUT2D eigenvalue weighted by Gasteiger charge is 2.39. The summed E-state index contributed by atoms with van der Waals surface area (Å²) in [5.74, 6) is 0. The SMILES string of the molecule is CCC1(C)CN(CC2(SC)CCCC2)C(C)CN1. The lowest BCUT2D eigenvalue weighted by atomic mass is 9.92. The quantitative estimate of drug-likeness (QED) is 0.845. The first-order chi connectivity index (χ1) is 8.52. The molecule has 2 fully saturated rings. The summed E-state index contributed by atoms with van der Waals surface area (Å²) in [7, 11) is 0. The predicted octanol–water partition coefficient (Wildman–Crippen LogP) is 3.12. The van der Waals surface area contributed by atoms with E-state index in [-0.39, 0.29) is 0 Å². The lowest BCUT2D eigenvalue weighted by Gasteiger charge is -2.47. The van der Waals surface area contributed by atoms with Crippen LogP contribution in [0.15, 0.2) is 0 Å². The third-order valence-electron chi connectivity index (χ3n) is 5.22. The van der Waals surface area contributed by atoms with E-state index in [0.29, 0.717) is 16.3 Å². The Kier molecular flexibility index (Phi) is 4.66. The summed E-state index contributed by atoms with van der Waals surface area (Å²) in [4.78, 5) is 2.75. The van der Waals surface area contributed by atoms with Crippen LogP contribution >= 0.6 is 11.8 Å². The van der Waals surface area contributed by atoms with E-state index in [1.165, 1.54) is 45.2 Å². The van der Waals surface area contributed by atoms with E-state index in [9.17, 15) is 0 Å². The Bertz CT molecular complexity index is 276.